The maximum absolute atomic E-state index is 14.1. The molecule has 0 radical (unpaired) electrons. The van der Waals surface area contributed by atoms with Gasteiger partial charge in [-0.05, 0) is 99.8 Å². The summed E-state index contributed by atoms with van der Waals surface area (Å²) < 4.78 is 32.4. The van der Waals surface area contributed by atoms with E-state index in [1.165, 1.54) is 4.90 Å². The molecule has 1 saturated carbocycles. The van der Waals surface area contributed by atoms with Crippen molar-refractivity contribution < 1.29 is 43.5 Å². The number of fused-ring (bicyclic) bond motifs is 2. The minimum atomic E-state index is -1.38. The summed E-state index contributed by atoms with van der Waals surface area (Å²) in [6, 6.07) is 25.5. The molecule has 3 aromatic rings. The molecule has 1 fully saturated rings. The van der Waals surface area contributed by atoms with E-state index in [0.29, 0.717) is 31.8 Å². The van der Waals surface area contributed by atoms with Crippen LogP contribution in [0.4, 0.5) is 4.79 Å². The predicted molar refractivity (Wildman–Crippen MR) is 244 cm³/mol. The molecule has 6 unspecified atom stereocenters. The SMILES string of the molecule is C=CCOC12Oc3ccc(OCCSc4ccccc4)cc3C3C(CCCCO)C(CCCCO)C=C(C(=NOC(C)(C)C)CC1N(C)C(=O)OCCOCc1ccccc1)C32. The van der Waals surface area contributed by atoms with Gasteiger partial charge in [0.15, 0.2) is 0 Å². The van der Waals surface area contributed by atoms with Crippen LogP contribution in [0.5, 0.6) is 11.5 Å². The smallest absolute Gasteiger partial charge is 0.410 e. The van der Waals surface area contributed by atoms with Gasteiger partial charge in [-0.3, -0.25) is 0 Å². The van der Waals surface area contributed by atoms with Gasteiger partial charge >= 0.3 is 6.09 Å². The number of unbranched alkanes of at least 4 members (excludes halogenated alkanes) is 2. The molecule has 2 N–H and O–H groups in total. The lowest BCUT2D eigenvalue weighted by atomic mass is 9.55. The fourth-order valence-electron chi connectivity index (χ4n) is 9.03. The van der Waals surface area contributed by atoms with E-state index >= 15 is 0 Å². The second-order valence-corrected chi connectivity index (χ2v) is 18.4. The Hall–Kier alpha value is -4.33. The van der Waals surface area contributed by atoms with Gasteiger partial charge in [-0.1, -0.05) is 78.7 Å². The van der Waals surface area contributed by atoms with Crippen LogP contribution in [-0.4, -0.2) is 96.8 Å². The van der Waals surface area contributed by atoms with Crippen molar-refractivity contribution in [3.63, 3.8) is 0 Å². The number of carbonyl (C=O) groups excluding carboxylic acids is 1. The van der Waals surface area contributed by atoms with E-state index in [-0.39, 0.29) is 57.2 Å². The summed E-state index contributed by atoms with van der Waals surface area (Å²) >= 11 is 1.75. The zero-order chi connectivity index (χ0) is 44.0. The molecule has 1 amide bonds. The van der Waals surface area contributed by atoms with Crippen molar-refractivity contribution in [3.8, 4) is 11.5 Å². The number of amides is 1. The zero-order valence-electron chi connectivity index (χ0n) is 36.9. The summed E-state index contributed by atoms with van der Waals surface area (Å²) in [6.45, 7) is 11.5. The van der Waals surface area contributed by atoms with Crippen LogP contribution in [0.3, 0.4) is 0 Å². The van der Waals surface area contributed by atoms with Gasteiger partial charge in [0, 0.05) is 48.8 Å². The molecule has 11 nitrogen and oxygen atoms in total. The third-order valence-electron chi connectivity index (χ3n) is 11.8. The van der Waals surface area contributed by atoms with Crippen molar-refractivity contribution >= 4 is 23.6 Å². The average Bonchev–Trinajstić information content (AvgIpc) is 3.27. The summed E-state index contributed by atoms with van der Waals surface area (Å²) in [6.07, 6.45) is 8.52. The number of allylic oxidation sites excluding steroid dienone is 1. The van der Waals surface area contributed by atoms with Crippen molar-refractivity contribution in [2.45, 2.75) is 101 Å². The first-order chi connectivity index (χ1) is 30.1. The van der Waals surface area contributed by atoms with Crippen LogP contribution in [0, 0.1) is 17.8 Å². The first-order valence-electron chi connectivity index (χ1n) is 22.2. The number of aliphatic hydroxyl groups excluding tert-OH is 2. The Bertz CT molecular complexity index is 1940. The van der Waals surface area contributed by atoms with Gasteiger partial charge in [0.25, 0.3) is 0 Å². The fraction of sp³-hybridized carbons (Fsp3) is 0.520. The first kappa shape index (κ1) is 47.2. The molecule has 1 heterocycles. The van der Waals surface area contributed by atoms with Crippen molar-refractivity contribution in [3.05, 3.63) is 114 Å². The topological polar surface area (TPSA) is 129 Å². The Morgan fingerprint density at radius 3 is 2.40 bits per heavy atom. The lowest BCUT2D eigenvalue weighted by Gasteiger charge is -2.59. The highest BCUT2D eigenvalue weighted by atomic mass is 32.2. The zero-order valence-corrected chi connectivity index (χ0v) is 37.7. The molecule has 2 aliphatic carbocycles. The number of rotatable bonds is 23. The third-order valence-corrected chi connectivity index (χ3v) is 12.7. The molecule has 0 saturated heterocycles. The number of aliphatic hydroxyl groups is 2. The molecule has 6 rings (SSSR count). The fourth-order valence-corrected chi connectivity index (χ4v) is 9.78. The largest absolute Gasteiger partial charge is 0.493 e. The Kier molecular flexibility index (Phi) is 17.4. The third kappa shape index (κ3) is 12.0. The molecule has 1 aliphatic heterocycles. The number of ether oxygens (including phenoxy) is 5. The first-order valence-corrected chi connectivity index (χ1v) is 23.2. The second kappa shape index (κ2) is 22.9. The lowest BCUT2D eigenvalue weighted by Crippen LogP contribution is -2.69. The van der Waals surface area contributed by atoms with E-state index < -0.39 is 29.4 Å². The van der Waals surface area contributed by atoms with E-state index in [2.05, 4.69) is 30.9 Å². The van der Waals surface area contributed by atoms with Gasteiger partial charge in [-0.15, -0.1) is 18.3 Å². The summed E-state index contributed by atoms with van der Waals surface area (Å²) in [4.78, 5) is 23.1. The van der Waals surface area contributed by atoms with Crippen LogP contribution in [0.15, 0.2) is 113 Å². The molecule has 3 aromatic carbocycles. The second-order valence-electron chi connectivity index (χ2n) is 17.2. The monoisotopic (exact) mass is 870 g/mol. The van der Waals surface area contributed by atoms with Crippen LogP contribution >= 0.6 is 11.8 Å². The quantitative estimate of drug-likeness (QED) is 0.0412. The summed E-state index contributed by atoms with van der Waals surface area (Å²) in [5, 5.41) is 24.7. The highest BCUT2D eigenvalue weighted by molar-refractivity contribution is 7.99. The number of likely N-dealkylation sites (N-methyl/N-ethyl adjacent to an activating group) is 1. The lowest BCUT2D eigenvalue weighted by molar-refractivity contribution is -0.253. The number of benzene rings is 3. The van der Waals surface area contributed by atoms with Crippen LogP contribution in [0.25, 0.3) is 0 Å². The standard InChI is InChI=1S/C50H66N2O9S/c1-6-27-59-50-45(52(5)48(55)58-29-28-56-35-36-17-9-7-10-18-36)34-43(51-61-49(2,3)4)41-32-37(19-13-15-25-53)40(22-14-16-26-54)46(47(41)50)42-33-38(23-24-44(42)60-50)57-30-31-62-39-20-11-8-12-21-39/h6-12,17-18,20-21,23-24,32-33,37,40,45-47,53-54H,1,13-16,19,22,25-31,34-35H2,2-5H3. The Labute approximate surface area is 372 Å². The van der Waals surface area contributed by atoms with Gasteiger partial charge in [0.2, 0.25) is 5.79 Å². The van der Waals surface area contributed by atoms with Gasteiger partial charge in [-0.2, -0.15) is 0 Å². The van der Waals surface area contributed by atoms with E-state index in [1.807, 2.05) is 81.4 Å². The predicted octanol–water partition coefficient (Wildman–Crippen LogP) is 9.58. The van der Waals surface area contributed by atoms with Gasteiger partial charge in [0.1, 0.15) is 29.7 Å². The normalized spacial score (nSPS) is 23.4. The maximum atomic E-state index is 14.1. The van der Waals surface area contributed by atoms with Gasteiger partial charge < -0.3 is 43.6 Å². The molecule has 3 aliphatic rings. The molecular formula is C50H66N2O9S. The minimum absolute atomic E-state index is 0.0628. The van der Waals surface area contributed by atoms with Crippen molar-refractivity contribution in [1.29, 1.82) is 0 Å². The molecule has 0 bridgehead atoms. The van der Waals surface area contributed by atoms with Crippen LogP contribution in [0.2, 0.25) is 0 Å². The number of nitrogens with zero attached hydrogens (tertiary/aromatic N) is 2. The number of hydrogen-bond acceptors (Lipinski definition) is 11. The highest BCUT2D eigenvalue weighted by Crippen LogP contribution is 2.62. The number of hydrogen-bond donors (Lipinski definition) is 2. The molecule has 0 aromatic heterocycles. The Morgan fingerprint density at radius 1 is 0.968 bits per heavy atom. The molecule has 12 heteroatoms. The summed E-state index contributed by atoms with van der Waals surface area (Å²) in [5.41, 5.74) is 3.16. The number of thioether (sulfide) groups is 1. The number of oxime groups is 1. The van der Waals surface area contributed by atoms with E-state index in [4.69, 9.17) is 33.7 Å². The minimum Gasteiger partial charge on any atom is -0.493 e. The molecule has 6 atom stereocenters. The Balaban J connectivity index is 1.40. The molecule has 62 heavy (non-hydrogen) atoms. The molecule has 0 spiro atoms. The summed E-state index contributed by atoms with van der Waals surface area (Å²) in [5.74, 6) is 0.417. The van der Waals surface area contributed by atoms with Crippen molar-refractivity contribution in [2.24, 2.45) is 22.9 Å². The molecule has 336 valence electrons. The van der Waals surface area contributed by atoms with Crippen molar-refractivity contribution in [2.75, 3.05) is 52.4 Å². The van der Waals surface area contributed by atoms with Crippen LogP contribution < -0.4 is 9.47 Å². The average molecular weight is 871 g/mol. The van der Waals surface area contributed by atoms with E-state index in [1.54, 1.807) is 29.8 Å². The molecular weight excluding hydrogens is 805 g/mol. The van der Waals surface area contributed by atoms with Crippen LogP contribution in [-0.2, 0) is 25.7 Å². The van der Waals surface area contributed by atoms with E-state index in [0.717, 1.165) is 59.6 Å². The van der Waals surface area contributed by atoms with Crippen LogP contribution in [0.1, 0.15) is 82.8 Å². The van der Waals surface area contributed by atoms with Gasteiger partial charge in [0.05, 0.1) is 38.1 Å². The maximum Gasteiger partial charge on any atom is 0.410 e. The summed E-state index contributed by atoms with van der Waals surface area (Å²) in [7, 11) is 1.73. The Morgan fingerprint density at radius 2 is 1.69 bits per heavy atom. The van der Waals surface area contributed by atoms with E-state index in [9.17, 15) is 15.0 Å². The number of carbonyl (C=O) groups is 1. The van der Waals surface area contributed by atoms with Gasteiger partial charge in [-0.25, -0.2) is 4.79 Å². The highest BCUT2D eigenvalue weighted by Gasteiger charge is 2.65. The van der Waals surface area contributed by atoms with Crippen molar-refractivity contribution in [1.82, 2.24) is 4.90 Å².